The van der Waals surface area contributed by atoms with Crippen molar-refractivity contribution >= 4 is 11.9 Å². The number of hydrogen-bond acceptors (Lipinski definition) is 6. The van der Waals surface area contributed by atoms with E-state index in [0.29, 0.717) is 30.1 Å². The normalized spacial score (nSPS) is 37.8. The minimum absolute atomic E-state index is 0.301. The summed E-state index contributed by atoms with van der Waals surface area (Å²) in [7, 11) is 3.05. The van der Waals surface area contributed by atoms with Crippen molar-refractivity contribution in [2.24, 2.45) is 35.5 Å². The van der Waals surface area contributed by atoms with E-state index >= 15 is 0 Å². The Morgan fingerprint density at radius 1 is 0.706 bits per heavy atom. The van der Waals surface area contributed by atoms with Crippen LogP contribution in [-0.4, -0.2) is 43.1 Å². The van der Waals surface area contributed by atoms with Crippen LogP contribution in [0.3, 0.4) is 0 Å². The first-order chi connectivity index (χ1) is 15.9. The zero-order chi connectivity index (χ0) is 25.3. The molecule has 0 spiro atoms. The van der Waals surface area contributed by atoms with Crippen LogP contribution in [0.2, 0.25) is 0 Å². The summed E-state index contributed by atoms with van der Waals surface area (Å²) in [5.41, 5.74) is -0.989. The molecule has 0 unspecified atom stereocenters. The number of ether oxygens (including phenoxy) is 4. The Morgan fingerprint density at radius 2 is 1.09 bits per heavy atom. The first-order valence-corrected chi connectivity index (χ1v) is 13.4. The van der Waals surface area contributed by atoms with E-state index in [-0.39, 0.29) is 5.97 Å². The van der Waals surface area contributed by atoms with E-state index in [4.69, 9.17) is 18.9 Å². The fourth-order valence-electron chi connectivity index (χ4n) is 6.43. The molecule has 2 atom stereocenters. The summed E-state index contributed by atoms with van der Waals surface area (Å²) in [5.74, 6) is -0.664. The van der Waals surface area contributed by atoms with Crippen LogP contribution in [0.25, 0.3) is 0 Å². The molecule has 3 fully saturated rings. The Balaban J connectivity index is 1.66. The SMILES string of the molecule is COC1(OC)C[C@@H](C(=O)OC2(C)CCC(C(C)C)CC2)[C@@H]1C(=O)OC1(C)CCC(C(C)C)CC1. The van der Waals surface area contributed by atoms with E-state index in [1.807, 2.05) is 13.8 Å². The molecule has 3 aliphatic carbocycles. The average Bonchev–Trinajstić information content (AvgIpc) is 2.74. The van der Waals surface area contributed by atoms with Gasteiger partial charge in [-0.1, -0.05) is 27.7 Å². The van der Waals surface area contributed by atoms with Crippen LogP contribution in [0.5, 0.6) is 0 Å². The summed E-state index contributed by atoms with van der Waals surface area (Å²) in [6.07, 6.45) is 7.92. The fourth-order valence-corrected chi connectivity index (χ4v) is 6.43. The second-order valence-electron chi connectivity index (χ2n) is 12.4. The van der Waals surface area contributed by atoms with Gasteiger partial charge in [0.2, 0.25) is 0 Å². The molecule has 3 rings (SSSR count). The predicted octanol–water partition coefficient (Wildman–Crippen LogP) is 5.91. The molecule has 6 nitrogen and oxygen atoms in total. The van der Waals surface area contributed by atoms with Crippen LogP contribution in [0, 0.1) is 35.5 Å². The monoisotopic (exact) mass is 480 g/mol. The molecule has 0 saturated heterocycles. The van der Waals surface area contributed by atoms with Crippen molar-refractivity contribution in [3.05, 3.63) is 0 Å². The minimum Gasteiger partial charge on any atom is -0.459 e. The molecule has 0 bridgehead atoms. The average molecular weight is 481 g/mol. The van der Waals surface area contributed by atoms with E-state index in [2.05, 4.69) is 27.7 Å². The molecule has 0 heterocycles. The van der Waals surface area contributed by atoms with Gasteiger partial charge in [-0.2, -0.15) is 0 Å². The largest absolute Gasteiger partial charge is 0.459 e. The third-order valence-electron chi connectivity index (χ3n) is 9.38. The zero-order valence-electron chi connectivity index (χ0n) is 22.8. The van der Waals surface area contributed by atoms with Gasteiger partial charge in [-0.25, -0.2) is 0 Å². The molecule has 0 aromatic heterocycles. The summed E-state index contributed by atoms with van der Waals surface area (Å²) in [4.78, 5) is 26.8. The Labute approximate surface area is 206 Å². The minimum atomic E-state index is -1.14. The lowest BCUT2D eigenvalue weighted by molar-refractivity contribution is -0.309. The molecule has 0 aliphatic heterocycles. The van der Waals surface area contributed by atoms with Crippen molar-refractivity contribution in [3.8, 4) is 0 Å². The molecular formula is C28H48O6. The van der Waals surface area contributed by atoms with Gasteiger partial charge in [-0.15, -0.1) is 0 Å². The predicted molar refractivity (Wildman–Crippen MR) is 131 cm³/mol. The molecule has 6 heteroatoms. The molecule has 0 aromatic rings. The highest BCUT2D eigenvalue weighted by atomic mass is 16.7. The first-order valence-electron chi connectivity index (χ1n) is 13.4. The van der Waals surface area contributed by atoms with Gasteiger partial charge >= 0.3 is 11.9 Å². The number of carbonyl (C=O) groups excluding carboxylic acids is 2. The van der Waals surface area contributed by atoms with Gasteiger partial charge in [-0.3, -0.25) is 9.59 Å². The second kappa shape index (κ2) is 10.5. The summed E-state index contributed by atoms with van der Waals surface area (Å²) in [6.45, 7) is 13.1. The van der Waals surface area contributed by atoms with Gasteiger partial charge in [0.05, 0.1) is 5.92 Å². The van der Waals surface area contributed by atoms with Crippen molar-refractivity contribution in [2.45, 2.75) is 116 Å². The maximum Gasteiger partial charge on any atom is 0.315 e. The molecule has 0 radical (unpaired) electrons. The highest BCUT2D eigenvalue weighted by molar-refractivity contribution is 5.85. The van der Waals surface area contributed by atoms with Crippen molar-refractivity contribution in [1.82, 2.24) is 0 Å². The molecule has 3 aliphatic rings. The Kier molecular flexibility index (Phi) is 8.44. The lowest BCUT2D eigenvalue weighted by atomic mass is 9.67. The van der Waals surface area contributed by atoms with Crippen LogP contribution in [0.1, 0.15) is 99.3 Å². The first kappa shape index (κ1) is 27.4. The quantitative estimate of drug-likeness (QED) is 0.318. The highest BCUT2D eigenvalue weighted by Crippen LogP contribution is 2.50. The van der Waals surface area contributed by atoms with Crippen molar-refractivity contribution in [2.75, 3.05) is 14.2 Å². The summed E-state index contributed by atoms with van der Waals surface area (Å²) in [5, 5.41) is 0. The molecule has 3 saturated carbocycles. The van der Waals surface area contributed by atoms with Gasteiger partial charge < -0.3 is 18.9 Å². The maximum atomic E-state index is 13.5. The van der Waals surface area contributed by atoms with Gasteiger partial charge in [0.25, 0.3) is 0 Å². The van der Waals surface area contributed by atoms with Gasteiger partial charge in [-0.05, 0) is 88.9 Å². The van der Waals surface area contributed by atoms with E-state index < -0.39 is 34.8 Å². The molecule has 34 heavy (non-hydrogen) atoms. The topological polar surface area (TPSA) is 71.1 Å². The molecule has 196 valence electrons. The molecular weight excluding hydrogens is 432 g/mol. The number of rotatable bonds is 8. The maximum absolute atomic E-state index is 13.5. The summed E-state index contributed by atoms with van der Waals surface area (Å²) < 4.78 is 23.4. The number of carbonyl (C=O) groups is 2. The van der Waals surface area contributed by atoms with Crippen LogP contribution >= 0.6 is 0 Å². The second-order valence-corrected chi connectivity index (χ2v) is 12.4. The van der Waals surface area contributed by atoms with Crippen LogP contribution in [-0.2, 0) is 28.5 Å². The third-order valence-corrected chi connectivity index (χ3v) is 9.38. The smallest absolute Gasteiger partial charge is 0.315 e. The molecule has 0 amide bonds. The number of methoxy groups -OCH3 is 2. The van der Waals surface area contributed by atoms with E-state index in [0.717, 1.165) is 51.4 Å². The van der Waals surface area contributed by atoms with Crippen LogP contribution in [0.15, 0.2) is 0 Å². The molecule has 0 N–H and O–H groups in total. The van der Waals surface area contributed by atoms with E-state index in [1.165, 1.54) is 14.2 Å². The standard InChI is InChI=1S/C28H48O6/c1-18(2)20-9-13-26(5,14-10-20)33-24(29)22-17-28(31-7,32-8)23(22)25(30)34-27(6)15-11-21(12-16-27)19(3)4/h18-23H,9-17H2,1-8H3/t20?,21?,22-,23-,26?,27?/m1/s1. The lowest BCUT2D eigenvalue weighted by Crippen LogP contribution is -2.64. The Morgan fingerprint density at radius 3 is 1.44 bits per heavy atom. The zero-order valence-corrected chi connectivity index (χ0v) is 22.8. The molecule has 0 aromatic carbocycles. The highest BCUT2D eigenvalue weighted by Gasteiger charge is 2.64. The van der Waals surface area contributed by atoms with Crippen LogP contribution in [0.4, 0.5) is 0 Å². The summed E-state index contributed by atoms with van der Waals surface area (Å²) in [6, 6.07) is 0. The fraction of sp³-hybridized carbons (Fsp3) is 0.929. The lowest BCUT2D eigenvalue weighted by Gasteiger charge is -2.51. The number of hydrogen-bond donors (Lipinski definition) is 0. The van der Waals surface area contributed by atoms with E-state index in [9.17, 15) is 9.59 Å². The van der Waals surface area contributed by atoms with Crippen molar-refractivity contribution in [3.63, 3.8) is 0 Å². The summed E-state index contributed by atoms with van der Waals surface area (Å²) >= 11 is 0. The Hall–Kier alpha value is -1.14. The van der Waals surface area contributed by atoms with Crippen molar-refractivity contribution < 1.29 is 28.5 Å². The van der Waals surface area contributed by atoms with Crippen LogP contribution < -0.4 is 0 Å². The van der Waals surface area contributed by atoms with Gasteiger partial charge in [0.1, 0.15) is 17.1 Å². The van der Waals surface area contributed by atoms with E-state index in [1.54, 1.807) is 0 Å². The third kappa shape index (κ3) is 5.64. The van der Waals surface area contributed by atoms with Gasteiger partial charge in [0.15, 0.2) is 5.79 Å². The number of esters is 2. The van der Waals surface area contributed by atoms with Crippen molar-refractivity contribution in [1.29, 1.82) is 0 Å². The van der Waals surface area contributed by atoms with Gasteiger partial charge in [0, 0.05) is 20.6 Å². The Bertz CT molecular complexity index is 708.